The van der Waals surface area contributed by atoms with Gasteiger partial charge in [0.1, 0.15) is 18.2 Å². The van der Waals surface area contributed by atoms with Crippen LogP contribution in [-0.2, 0) is 6.61 Å². The summed E-state index contributed by atoms with van der Waals surface area (Å²) < 4.78 is 19.3. The average Bonchev–Trinajstić information content (AvgIpc) is 2.40. The van der Waals surface area contributed by atoms with Crippen molar-refractivity contribution in [1.82, 2.24) is 0 Å². The van der Waals surface area contributed by atoms with Gasteiger partial charge in [0.25, 0.3) is 0 Å². The summed E-state index contributed by atoms with van der Waals surface area (Å²) in [4.78, 5) is 0. The van der Waals surface area contributed by atoms with Crippen LogP contribution in [0.5, 0.6) is 5.75 Å². The van der Waals surface area contributed by atoms with Gasteiger partial charge in [-0.05, 0) is 30.7 Å². The molecule has 0 fully saturated rings. The van der Waals surface area contributed by atoms with Gasteiger partial charge in [0.2, 0.25) is 0 Å². The van der Waals surface area contributed by atoms with Gasteiger partial charge in [-0.2, -0.15) is 0 Å². The first-order chi connectivity index (χ1) is 9.47. The van der Waals surface area contributed by atoms with E-state index in [0.29, 0.717) is 21.4 Å². The number of hydrogen-bond donors (Lipinski definition) is 1. The molecule has 1 atom stereocenters. The first kappa shape index (κ1) is 15.1. The molecule has 2 N–H and O–H groups in total. The predicted octanol–water partition coefficient (Wildman–Crippen LogP) is 4.73. The molecular formula is C15H14Cl2FNO. The Morgan fingerprint density at radius 3 is 2.50 bits per heavy atom. The summed E-state index contributed by atoms with van der Waals surface area (Å²) in [6, 6.07) is 9.53. The summed E-state index contributed by atoms with van der Waals surface area (Å²) in [5.74, 6) is 0.0737. The van der Waals surface area contributed by atoms with E-state index in [0.717, 1.165) is 5.56 Å². The highest BCUT2D eigenvalue weighted by molar-refractivity contribution is 6.42. The summed E-state index contributed by atoms with van der Waals surface area (Å²) in [5, 5.41) is 0.953. The van der Waals surface area contributed by atoms with E-state index in [9.17, 15) is 4.39 Å². The van der Waals surface area contributed by atoms with Crippen LogP contribution in [0.25, 0.3) is 0 Å². The molecule has 0 amide bonds. The maximum atomic E-state index is 13.7. The van der Waals surface area contributed by atoms with Crippen molar-refractivity contribution in [1.29, 1.82) is 0 Å². The fraction of sp³-hybridized carbons (Fsp3) is 0.200. The topological polar surface area (TPSA) is 35.2 Å². The molecule has 0 aliphatic heterocycles. The second kappa shape index (κ2) is 6.44. The molecule has 5 heteroatoms. The van der Waals surface area contributed by atoms with Gasteiger partial charge < -0.3 is 10.5 Å². The van der Waals surface area contributed by atoms with Crippen LogP contribution in [0.3, 0.4) is 0 Å². The van der Waals surface area contributed by atoms with Crippen molar-refractivity contribution in [2.24, 2.45) is 5.73 Å². The average molecular weight is 314 g/mol. The monoisotopic (exact) mass is 313 g/mol. The van der Waals surface area contributed by atoms with E-state index in [2.05, 4.69) is 0 Å². The smallest absolute Gasteiger partial charge is 0.131 e. The van der Waals surface area contributed by atoms with Crippen LogP contribution in [0, 0.1) is 5.82 Å². The number of benzene rings is 2. The highest BCUT2D eigenvalue weighted by atomic mass is 35.5. The van der Waals surface area contributed by atoms with E-state index in [1.165, 1.54) is 6.07 Å². The first-order valence-corrected chi connectivity index (χ1v) is 6.84. The van der Waals surface area contributed by atoms with Gasteiger partial charge in [-0.3, -0.25) is 0 Å². The van der Waals surface area contributed by atoms with Crippen LogP contribution in [0.2, 0.25) is 10.0 Å². The maximum Gasteiger partial charge on any atom is 0.131 e. The molecule has 2 aromatic rings. The predicted molar refractivity (Wildman–Crippen MR) is 79.8 cm³/mol. The lowest BCUT2D eigenvalue weighted by molar-refractivity contribution is 0.304. The van der Waals surface area contributed by atoms with Crippen molar-refractivity contribution in [3.05, 3.63) is 63.4 Å². The molecule has 0 aromatic heterocycles. The van der Waals surface area contributed by atoms with E-state index in [-0.39, 0.29) is 18.5 Å². The first-order valence-electron chi connectivity index (χ1n) is 6.09. The quantitative estimate of drug-likeness (QED) is 0.885. The molecule has 0 aliphatic carbocycles. The van der Waals surface area contributed by atoms with Crippen LogP contribution in [-0.4, -0.2) is 0 Å². The Labute approximate surface area is 127 Å². The minimum absolute atomic E-state index is 0.286. The minimum atomic E-state index is -0.369. The van der Waals surface area contributed by atoms with E-state index in [1.54, 1.807) is 37.3 Å². The van der Waals surface area contributed by atoms with Crippen molar-refractivity contribution in [2.45, 2.75) is 19.6 Å². The van der Waals surface area contributed by atoms with E-state index in [1.807, 2.05) is 0 Å². The Morgan fingerprint density at radius 2 is 1.90 bits per heavy atom. The molecule has 0 saturated carbocycles. The van der Waals surface area contributed by atoms with Crippen molar-refractivity contribution in [3.63, 3.8) is 0 Å². The van der Waals surface area contributed by atoms with Crippen molar-refractivity contribution < 1.29 is 9.13 Å². The molecule has 106 valence electrons. The van der Waals surface area contributed by atoms with Crippen molar-refractivity contribution >= 4 is 23.2 Å². The van der Waals surface area contributed by atoms with Gasteiger partial charge in [0.15, 0.2) is 0 Å². The third-order valence-corrected chi connectivity index (χ3v) is 3.59. The number of ether oxygens (including phenoxy) is 1. The third kappa shape index (κ3) is 3.63. The lowest BCUT2D eigenvalue weighted by Gasteiger charge is -2.11. The fourth-order valence-corrected chi connectivity index (χ4v) is 2.08. The van der Waals surface area contributed by atoms with Gasteiger partial charge in [-0.25, -0.2) is 4.39 Å². The summed E-state index contributed by atoms with van der Waals surface area (Å²) >= 11 is 11.7. The summed E-state index contributed by atoms with van der Waals surface area (Å²) in [7, 11) is 0. The van der Waals surface area contributed by atoms with Crippen LogP contribution in [0.4, 0.5) is 4.39 Å². The van der Waals surface area contributed by atoms with Gasteiger partial charge >= 0.3 is 0 Å². The number of rotatable bonds is 4. The lowest BCUT2D eigenvalue weighted by atomic mass is 10.1. The number of nitrogens with two attached hydrogens (primary N) is 1. The van der Waals surface area contributed by atoms with Crippen LogP contribution in [0.15, 0.2) is 36.4 Å². The van der Waals surface area contributed by atoms with E-state index < -0.39 is 0 Å². The molecule has 0 heterocycles. The highest BCUT2D eigenvalue weighted by Crippen LogP contribution is 2.24. The second-order valence-corrected chi connectivity index (χ2v) is 5.32. The third-order valence-electron chi connectivity index (χ3n) is 2.85. The maximum absolute atomic E-state index is 13.7. The Morgan fingerprint density at radius 1 is 1.15 bits per heavy atom. The Balaban J connectivity index is 2.07. The normalized spacial score (nSPS) is 12.2. The molecule has 0 spiro atoms. The zero-order chi connectivity index (χ0) is 14.7. The molecule has 0 bridgehead atoms. The Hall–Kier alpha value is -1.29. The van der Waals surface area contributed by atoms with Gasteiger partial charge in [-0.15, -0.1) is 0 Å². The molecule has 2 rings (SSSR count). The zero-order valence-corrected chi connectivity index (χ0v) is 12.4. The summed E-state index contributed by atoms with van der Waals surface area (Å²) in [6.07, 6.45) is 0. The Kier molecular flexibility index (Phi) is 4.86. The largest absolute Gasteiger partial charge is 0.489 e. The van der Waals surface area contributed by atoms with Crippen LogP contribution >= 0.6 is 23.2 Å². The second-order valence-electron chi connectivity index (χ2n) is 4.51. The minimum Gasteiger partial charge on any atom is -0.489 e. The van der Waals surface area contributed by atoms with Crippen LogP contribution in [0.1, 0.15) is 24.1 Å². The van der Waals surface area contributed by atoms with E-state index in [4.69, 9.17) is 33.7 Å². The van der Waals surface area contributed by atoms with Crippen molar-refractivity contribution in [2.75, 3.05) is 0 Å². The molecule has 1 unspecified atom stereocenters. The molecule has 2 nitrogen and oxygen atoms in total. The van der Waals surface area contributed by atoms with Gasteiger partial charge in [0, 0.05) is 17.7 Å². The van der Waals surface area contributed by atoms with Gasteiger partial charge in [-0.1, -0.05) is 35.3 Å². The molecule has 0 radical (unpaired) electrons. The Bertz CT molecular complexity index is 617. The SMILES string of the molecule is CC(N)c1ccc(OCc2ccc(Cl)c(Cl)c2)cc1F. The fourth-order valence-electron chi connectivity index (χ4n) is 1.76. The number of hydrogen-bond acceptors (Lipinski definition) is 2. The zero-order valence-electron chi connectivity index (χ0n) is 10.9. The molecule has 20 heavy (non-hydrogen) atoms. The van der Waals surface area contributed by atoms with Gasteiger partial charge in [0.05, 0.1) is 10.0 Å². The van der Waals surface area contributed by atoms with Crippen molar-refractivity contribution in [3.8, 4) is 5.75 Å². The summed E-state index contributed by atoms with van der Waals surface area (Å²) in [5.41, 5.74) is 6.97. The lowest BCUT2D eigenvalue weighted by Crippen LogP contribution is -2.07. The summed E-state index contributed by atoms with van der Waals surface area (Å²) in [6.45, 7) is 2.02. The molecule has 0 saturated heterocycles. The standard InChI is InChI=1S/C15H14Cl2FNO/c1-9(19)12-4-3-11(7-15(12)18)20-8-10-2-5-13(16)14(17)6-10/h2-7,9H,8,19H2,1H3. The highest BCUT2D eigenvalue weighted by Gasteiger charge is 2.08. The molecular weight excluding hydrogens is 300 g/mol. The van der Waals surface area contributed by atoms with Crippen LogP contribution < -0.4 is 10.5 Å². The molecule has 2 aromatic carbocycles. The van der Waals surface area contributed by atoms with E-state index >= 15 is 0 Å². The molecule has 0 aliphatic rings. The number of halogens is 3.